The van der Waals surface area contributed by atoms with Crippen molar-refractivity contribution < 1.29 is 13.0 Å². The zero-order valence-corrected chi connectivity index (χ0v) is 10.9. The van der Waals surface area contributed by atoms with E-state index in [0.29, 0.717) is 13.0 Å². The molecule has 1 aromatic heterocycles. The van der Waals surface area contributed by atoms with E-state index in [1.165, 1.54) is 0 Å². The Balaban J connectivity index is 2.00. The first-order chi connectivity index (χ1) is 9.08. The monoisotopic (exact) mass is 285 g/mol. The SMILES string of the molecule is Nc1cc(F)c(S(=O)CCCn2ccnc2)c(F)c1. The van der Waals surface area contributed by atoms with E-state index in [4.69, 9.17) is 5.73 Å². The highest BCUT2D eigenvalue weighted by molar-refractivity contribution is 7.85. The summed E-state index contributed by atoms with van der Waals surface area (Å²) in [6.45, 7) is 0.601. The molecule has 2 aromatic rings. The second-order valence-electron chi connectivity index (χ2n) is 4.02. The van der Waals surface area contributed by atoms with Gasteiger partial charge in [0.25, 0.3) is 0 Å². The number of anilines is 1. The second-order valence-corrected chi connectivity index (χ2v) is 5.52. The Morgan fingerprint density at radius 2 is 2.00 bits per heavy atom. The van der Waals surface area contributed by atoms with Crippen LogP contribution in [0.4, 0.5) is 14.5 Å². The summed E-state index contributed by atoms with van der Waals surface area (Å²) in [5.41, 5.74) is 5.28. The van der Waals surface area contributed by atoms with Gasteiger partial charge in [-0.05, 0) is 18.6 Å². The van der Waals surface area contributed by atoms with Gasteiger partial charge in [0, 0.05) is 30.4 Å². The maximum atomic E-state index is 13.5. The molecule has 0 aliphatic rings. The molecule has 2 rings (SSSR count). The number of aromatic nitrogens is 2. The fourth-order valence-electron chi connectivity index (χ4n) is 1.70. The molecule has 2 N–H and O–H groups in total. The molecule has 0 fully saturated rings. The standard InChI is InChI=1S/C12H13F2N3OS/c13-10-6-9(15)7-11(14)12(10)19(18)5-1-3-17-4-2-16-8-17/h2,4,6-8H,1,3,5,15H2. The first-order valence-corrected chi connectivity index (χ1v) is 6.98. The lowest BCUT2D eigenvalue weighted by Crippen LogP contribution is -2.07. The van der Waals surface area contributed by atoms with Crippen molar-refractivity contribution in [3.8, 4) is 0 Å². The van der Waals surface area contributed by atoms with Crippen molar-refractivity contribution in [3.63, 3.8) is 0 Å². The van der Waals surface area contributed by atoms with Gasteiger partial charge in [0.1, 0.15) is 16.5 Å². The number of nitrogens with two attached hydrogens (primary N) is 1. The summed E-state index contributed by atoms with van der Waals surface area (Å²) in [6, 6.07) is 1.96. The molecular formula is C12H13F2N3OS. The van der Waals surface area contributed by atoms with E-state index in [0.717, 1.165) is 12.1 Å². The molecule has 0 aliphatic heterocycles. The zero-order chi connectivity index (χ0) is 13.8. The molecule has 1 atom stereocenters. The summed E-state index contributed by atoms with van der Waals surface area (Å²) in [7, 11) is -1.72. The van der Waals surface area contributed by atoms with E-state index in [-0.39, 0.29) is 11.4 Å². The molecule has 0 spiro atoms. The summed E-state index contributed by atoms with van der Waals surface area (Å²) in [4.78, 5) is 3.47. The van der Waals surface area contributed by atoms with Crippen molar-refractivity contribution >= 4 is 16.5 Å². The maximum Gasteiger partial charge on any atom is 0.144 e. The number of hydrogen-bond acceptors (Lipinski definition) is 3. The van der Waals surface area contributed by atoms with Crippen LogP contribution >= 0.6 is 0 Å². The Morgan fingerprint density at radius 3 is 2.58 bits per heavy atom. The normalized spacial score (nSPS) is 12.5. The Bertz CT molecular complexity index is 564. The summed E-state index contributed by atoms with van der Waals surface area (Å²) in [5.74, 6) is -1.55. The van der Waals surface area contributed by atoms with Gasteiger partial charge in [-0.2, -0.15) is 0 Å². The molecule has 102 valence electrons. The van der Waals surface area contributed by atoms with Crippen LogP contribution in [0.5, 0.6) is 0 Å². The average molecular weight is 285 g/mol. The van der Waals surface area contributed by atoms with Gasteiger partial charge in [-0.1, -0.05) is 0 Å². The van der Waals surface area contributed by atoms with E-state index in [1.807, 2.05) is 4.57 Å². The number of nitrogens with zero attached hydrogens (tertiary/aromatic N) is 2. The van der Waals surface area contributed by atoms with Crippen molar-refractivity contribution in [1.29, 1.82) is 0 Å². The van der Waals surface area contributed by atoms with Crippen LogP contribution < -0.4 is 5.73 Å². The van der Waals surface area contributed by atoms with Crippen molar-refractivity contribution in [2.75, 3.05) is 11.5 Å². The first-order valence-electron chi connectivity index (χ1n) is 5.66. The Kier molecular flexibility index (Phi) is 4.26. The highest BCUT2D eigenvalue weighted by atomic mass is 32.2. The van der Waals surface area contributed by atoms with Crippen molar-refractivity contribution in [3.05, 3.63) is 42.5 Å². The number of nitrogen functional groups attached to an aromatic ring is 1. The van der Waals surface area contributed by atoms with E-state index >= 15 is 0 Å². The number of hydrogen-bond donors (Lipinski definition) is 1. The summed E-state index contributed by atoms with van der Waals surface area (Å²) in [5, 5.41) is 0. The summed E-state index contributed by atoms with van der Waals surface area (Å²) in [6.07, 6.45) is 5.57. The number of benzene rings is 1. The molecule has 0 saturated heterocycles. The lowest BCUT2D eigenvalue weighted by Gasteiger charge is -2.06. The van der Waals surface area contributed by atoms with Gasteiger partial charge < -0.3 is 10.3 Å². The number of rotatable bonds is 5. The third-order valence-electron chi connectivity index (χ3n) is 2.55. The van der Waals surface area contributed by atoms with Crippen molar-refractivity contribution in [2.45, 2.75) is 17.9 Å². The lowest BCUT2D eigenvalue weighted by atomic mass is 10.3. The summed E-state index contributed by atoms with van der Waals surface area (Å²) < 4.78 is 40.8. The fourth-order valence-corrected chi connectivity index (χ4v) is 2.84. The van der Waals surface area contributed by atoms with Gasteiger partial charge in [0.05, 0.1) is 17.1 Å². The smallest absolute Gasteiger partial charge is 0.144 e. The number of aryl methyl sites for hydroxylation is 1. The highest BCUT2D eigenvalue weighted by Gasteiger charge is 2.16. The molecule has 0 radical (unpaired) electrons. The second kappa shape index (κ2) is 5.92. The third kappa shape index (κ3) is 3.37. The minimum atomic E-state index is -1.72. The van der Waals surface area contributed by atoms with Crippen LogP contribution in [0, 0.1) is 11.6 Å². The van der Waals surface area contributed by atoms with Crippen LogP contribution in [0.3, 0.4) is 0 Å². The molecular weight excluding hydrogens is 272 g/mol. The predicted molar refractivity (Wildman–Crippen MR) is 68.9 cm³/mol. The highest BCUT2D eigenvalue weighted by Crippen LogP contribution is 2.20. The Hall–Kier alpha value is -1.76. The molecule has 4 nitrogen and oxygen atoms in total. The van der Waals surface area contributed by atoms with E-state index in [1.54, 1.807) is 18.7 Å². The minimum Gasteiger partial charge on any atom is -0.399 e. The van der Waals surface area contributed by atoms with Crippen LogP contribution in [0.25, 0.3) is 0 Å². The van der Waals surface area contributed by atoms with Crippen molar-refractivity contribution in [1.82, 2.24) is 9.55 Å². The van der Waals surface area contributed by atoms with Crippen LogP contribution in [-0.2, 0) is 17.3 Å². The summed E-state index contributed by atoms with van der Waals surface area (Å²) >= 11 is 0. The van der Waals surface area contributed by atoms with Gasteiger partial charge >= 0.3 is 0 Å². The third-order valence-corrected chi connectivity index (χ3v) is 4.06. The molecule has 19 heavy (non-hydrogen) atoms. The van der Waals surface area contributed by atoms with Gasteiger partial charge in [0.2, 0.25) is 0 Å². The van der Waals surface area contributed by atoms with Gasteiger partial charge in [-0.3, -0.25) is 4.21 Å². The van der Waals surface area contributed by atoms with Crippen LogP contribution in [-0.4, -0.2) is 19.5 Å². The maximum absolute atomic E-state index is 13.5. The fraction of sp³-hybridized carbons (Fsp3) is 0.250. The molecule has 7 heteroatoms. The Morgan fingerprint density at radius 1 is 1.32 bits per heavy atom. The molecule has 0 aliphatic carbocycles. The Labute approximate surface area is 111 Å². The van der Waals surface area contributed by atoms with Gasteiger partial charge in [0.15, 0.2) is 0 Å². The molecule has 1 unspecified atom stereocenters. The largest absolute Gasteiger partial charge is 0.399 e. The molecule has 0 saturated carbocycles. The topological polar surface area (TPSA) is 60.9 Å². The van der Waals surface area contributed by atoms with Gasteiger partial charge in [-0.25, -0.2) is 13.8 Å². The van der Waals surface area contributed by atoms with Crippen molar-refractivity contribution in [2.24, 2.45) is 0 Å². The van der Waals surface area contributed by atoms with E-state index in [9.17, 15) is 13.0 Å². The molecule has 0 bridgehead atoms. The lowest BCUT2D eigenvalue weighted by molar-refractivity contribution is 0.535. The average Bonchev–Trinajstić information content (AvgIpc) is 2.80. The molecule has 0 amide bonds. The van der Waals surface area contributed by atoms with E-state index < -0.39 is 27.3 Å². The first kappa shape index (κ1) is 13.7. The quantitative estimate of drug-likeness (QED) is 0.854. The van der Waals surface area contributed by atoms with E-state index in [2.05, 4.69) is 4.98 Å². The minimum absolute atomic E-state index is 0.0193. The number of imidazole rings is 1. The van der Waals surface area contributed by atoms with Crippen LogP contribution in [0.15, 0.2) is 35.7 Å². The van der Waals surface area contributed by atoms with Crippen LogP contribution in [0.1, 0.15) is 6.42 Å². The van der Waals surface area contributed by atoms with Gasteiger partial charge in [-0.15, -0.1) is 0 Å². The molecule has 1 heterocycles. The predicted octanol–water partition coefficient (Wildman–Crippen LogP) is 1.94. The van der Waals surface area contributed by atoms with Crippen LogP contribution in [0.2, 0.25) is 0 Å². The zero-order valence-electron chi connectivity index (χ0n) is 10.1. The molecule has 1 aromatic carbocycles. The number of halogens is 2.